The Morgan fingerprint density at radius 2 is 1.42 bits per heavy atom. The summed E-state index contributed by atoms with van der Waals surface area (Å²) < 4.78 is 21.7. The molecule has 3 aromatic carbocycles. The zero-order valence-electron chi connectivity index (χ0n) is 19.2. The maximum absolute atomic E-state index is 12.8. The van der Waals surface area contributed by atoms with Crippen LogP contribution in [0.25, 0.3) is 0 Å². The largest absolute Gasteiger partial charge is 0.497 e. The van der Waals surface area contributed by atoms with Crippen LogP contribution >= 0.6 is 0 Å². The fourth-order valence-electron chi connectivity index (χ4n) is 3.42. The lowest BCUT2D eigenvalue weighted by Crippen LogP contribution is -2.33. The topological polar surface area (TPSA) is 66.0 Å². The van der Waals surface area contributed by atoms with Crippen LogP contribution in [0.2, 0.25) is 0 Å². The number of nitrogens with one attached hydrogen (secondary N) is 1. The second kappa shape index (κ2) is 11.6. The molecular formula is C27H29NO5. The zero-order valence-corrected chi connectivity index (χ0v) is 19.2. The quantitative estimate of drug-likeness (QED) is 0.431. The van der Waals surface area contributed by atoms with Crippen molar-refractivity contribution in [2.75, 3.05) is 27.9 Å². The smallest absolute Gasteiger partial charge is 0.258 e. The van der Waals surface area contributed by atoms with Crippen molar-refractivity contribution < 1.29 is 23.7 Å². The van der Waals surface area contributed by atoms with E-state index in [0.717, 1.165) is 34.6 Å². The lowest BCUT2D eigenvalue weighted by Gasteiger charge is -2.21. The van der Waals surface area contributed by atoms with Gasteiger partial charge in [0.15, 0.2) is 18.1 Å². The minimum atomic E-state index is -0.366. The third-order valence-electron chi connectivity index (χ3n) is 5.17. The van der Waals surface area contributed by atoms with Crippen LogP contribution in [0.3, 0.4) is 0 Å². The van der Waals surface area contributed by atoms with Gasteiger partial charge < -0.3 is 24.3 Å². The summed E-state index contributed by atoms with van der Waals surface area (Å²) in [5.74, 6) is 2.31. The van der Waals surface area contributed by atoms with Gasteiger partial charge in [-0.1, -0.05) is 36.4 Å². The lowest BCUT2D eigenvalue weighted by molar-refractivity contribution is -0.123. The molecule has 0 radical (unpaired) electrons. The predicted octanol–water partition coefficient (Wildman–Crippen LogP) is 4.73. The maximum Gasteiger partial charge on any atom is 0.258 e. The van der Waals surface area contributed by atoms with Crippen LogP contribution in [0.5, 0.6) is 23.0 Å². The van der Waals surface area contributed by atoms with Crippen LogP contribution in [0.1, 0.15) is 22.7 Å². The molecule has 0 aliphatic heterocycles. The number of hydrogen-bond acceptors (Lipinski definition) is 5. The molecule has 1 amide bonds. The van der Waals surface area contributed by atoms with Crippen LogP contribution in [0.15, 0.2) is 79.4 Å². The van der Waals surface area contributed by atoms with Gasteiger partial charge in [0, 0.05) is 0 Å². The minimum absolute atomic E-state index is 0.153. The van der Waals surface area contributed by atoms with E-state index in [9.17, 15) is 4.79 Å². The summed E-state index contributed by atoms with van der Waals surface area (Å²) in [6.07, 6.45) is 2.55. The number of hydrogen-bond donors (Lipinski definition) is 1. The van der Waals surface area contributed by atoms with E-state index in [0.29, 0.717) is 11.5 Å². The third kappa shape index (κ3) is 6.29. The molecular weight excluding hydrogens is 418 g/mol. The highest BCUT2D eigenvalue weighted by molar-refractivity contribution is 5.78. The van der Waals surface area contributed by atoms with Gasteiger partial charge in [-0.3, -0.25) is 4.79 Å². The van der Waals surface area contributed by atoms with Crippen molar-refractivity contribution in [3.8, 4) is 23.0 Å². The first-order valence-electron chi connectivity index (χ1n) is 10.6. The monoisotopic (exact) mass is 447 g/mol. The van der Waals surface area contributed by atoms with Gasteiger partial charge in [-0.25, -0.2) is 0 Å². The molecule has 0 aromatic heterocycles. The van der Waals surface area contributed by atoms with E-state index in [4.69, 9.17) is 18.9 Å². The van der Waals surface area contributed by atoms with Crippen LogP contribution < -0.4 is 24.3 Å². The molecule has 0 heterocycles. The summed E-state index contributed by atoms with van der Waals surface area (Å²) in [7, 11) is 4.81. The van der Waals surface area contributed by atoms with E-state index in [-0.39, 0.29) is 18.6 Å². The Hall–Kier alpha value is -3.93. The Labute approximate surface area is 194 Å². The fraction of sp³-hybridized carbons (Fsp3) is 0.222. The average Bonchev–Trinajstić information content (AvgIpc) is 2.86. The Bertz CT molecular complexity index is 1010. The summed E-state index contributed by atoms with van der Waals surface area (Å²) in [5.41, 5.74) is 2.89. The molecule has 6 nitrogen and oxygen atoms in total. The van der Waals surface area contributed by atoms with Crippen LogP contribution in [0, 0.1) is 0 Å². The van der Waals surface area contributed by atoms with Crippen molar-refractivity contribution in [3.63, 3.8) is 0 Å². The molecule has 0 fully saturated rings. The van der Waals surface area contributed by atoms with Gasteiger partial charge in [0.1, 0.15) is 11.5 Å². The van der Waals surface area contributed by atoms with Crippen molar-refractivity contribution in [1.29, 1.82) is 0 Å². The number of ether oxygens (including phenoxy) is 4. The Morgan fingerprint density at radius 3 is 1.91 bits per heavy atom. The van der Waals surface area contributed by atoms with E-state index in [1.807, 2.05) is 66.7 Å². The number of rotatable bonds is 11. The highest BCUT2D eigenvalue weighted by Crippen LogP contribution is 2.29. The normalized spacial score (nSPS) is 10.4. The average molecular weight is 448 g/mol. The molecule has 1 N–H and O–H groups in total. The number of benzene rings is 3. The fourth-order valence-corrected chi connectivity index (χ4v) is 3.42. The Kier molecular flexibility index (Phi) is 8.36. The molecule has 0 saturated heterocycles. The van der Waals surface area contributed by atoms with Gasteiger partial charge in [-0.05, 0) is 59.5 Å². The Morgan fingerprint density at radius 1 is 0.848 bits per heavy atom. The summed E-state index contributed by atoms with van der Waals surface area (Å²) in [6.45, 7) is 3.60. The summed E-state index contributed by atoms with van der Waals surface area (Å²) in [5, 5.41) is 3.06. The van der Waals surface area contributed by atoms with Crippen LogP contribution in [-0.2, 0) is 11.2 Å². The highest BCUT2D eigenvalue weighted by atomic mass is 16.5. The van der Waals surface area contributed by atoms with Gasteiger partial charge in [-0.2, -0.15) is 0 Å². The van der Waals surface area contributed by atoms with E-state index in [1.54, 1.807) is 27.4 Å². The number of methoxy groups -OCH3 is 3. The molecule has 0 aliphatic carbocycles. The van der Waals surface area contributed by atoms with Gasteiger partial charge in [0.05, 0.1) is 27.4 Å². The number of amides is 1. The molecule has 0 unspecified atom stereocenters. The second-order valence-corrected chi connectivity index (χ2v) is 7.31. The molecule has 6 heteroatoms. The van der Waals surface area contributed by atoms with E-state index in [1.165, 1.54) is 0 Å². The molecule has 3 aromatic rings. The van der Waals surface area contributed by atoms with Crippen molar-refractivity contribution >= 4 is 5.91 Å². The van der Waals surface area contributed by atoms with E-state index in [2.05, 4.69) is 11.9 Å². The molecule has 0 spiro atoms. The molecule has 0 saturated carbocycles. The summed E-state index contributed by atoms with van der Waals surface area (Å²) >= 11 is 0. The van der Waals surface area contributed by atoms with Crippen molar-refractivity contribution in [2.24, 2.45) is 0 Å². The molecule has 33 heavy (non-hydrogen) atoms. The summed E-state index contributed by atoms with van der Waals surface area (Å²) in [6, 6.07) is 20.4. The number of carbonyl (C=O) groups is 1. The predicted molar refractivity (Wildman–Crippen MR) is 128 cm³/mol. The van der Waals surface area contributed by atoms with Crippen molar-refractivity contribution in [2.45, 2.75) is 12.5 Å². The number of carbonyl (C=O) groups excluding carboxylic acids is 1. The first-order chi connectivity index (χ1) is 16.1. The Balaban J connectivity index is 1.76. The molecule has 3 rings (SSSR count). The first-order valence-corrected chi connectivity index (χ1v) is 10.6. The van der Waals surface area contributed by atoms with Crippen LogP contribution in [-0.4, -0.2) is 33.8 Å². The van der Waals surface area contributed by atoms with E-state index < -0.39 is 0 Å². The first kappa shape index (κ1) is 23.7. The van der Waals surface area contributed by atoms with Crippen molar-refractivity contribution in [3.05, 3.63) is 96.1 Å². The highest BCUT2D eigenvalue weighted by Gasteiger charge is 2.18. The molecule has 0 bridgehead atoms. The number of allylic oxidation sites excluding steroid dienone is 1. The van der Waals surface area contributed by atoms with Crippen molar-refractivity contribution in [1.82, 2.24) is 5.32 Å². The second-order valence-electron chi connectivity index (χ2n) is 7.31. The van der Waals surface area contributed by atoms with Gasteiger partial charge >= 0.3 is 0 Å². The minimum Gasteiger partial charge on any atom is -0.497 e. The molecule has 0 atom stereocenters. The van der Waals surface area contributed by atoms with Gasteiger partial charge in [0.25, 0.3) is 5.91 Å². The zero-order chi connectivity index (χ0) is 23.6. The molecule has 0 aliphatic rings. The third-order valence-corrected chi connectivity index (χ3v) is 5.17. The van der Waals surface area contributed by atoms with Gasteiger partial charge in [0.2, 0.25) is 0 Å². The van der Waals surface area contributed by atoms with Gasteiger partial charge in [-0.15, -0.1) is 6.58 Å². The summed E-state index contributed by atoms with van der Waals surface area (Å²) in [4.78, 5) is 12.8. The molecule has 172 valence electrons. The van der Waals surface area contributed by atoms with E-state index >= 15 is 0 Å². The maximum atomic E-state index is 12.8. The van der Waals surface area contributed by atoms with Crippen LogP contribution in [0.4, 0.5) is 0 Å². The standard InChI is InChI=1S/C27H29NO5/c1-5-6-19-7-16-24(25(17-19)32-4)33-18-26(29)28-27(20-8-12-22(30-2)13-9-20)21-10-14-23(31-3)15-11-21/h5,7-17,27H,1,6,18H2,2-4H3,(H,28,29). The lowest BCUT2D eigenvalue weighted by atomic mass is 9.98. The SMILES string of the molecule is C=CCc1ccc(OCC(=O)NC(c2ccc(OC)cc2)c2ccc(OC)cc2)c(OC)c1.